The summed E-state index contributed by atoms with van der Waals surface area (Å²) in [6.07, 6.45) is -18.2. The maximum Gasteiger partial charge on any atom is 0.187 e. The molecule has 3 heterocycles. The van der Waals surface area contributed by atoms with E-state index in [-0.39, 0.29) is 26.2 Å². The Morgan fingerprint density at radius 2 is 1.24 bits per heavy atom. The van der Waals surface area contributed by atoms with Crippen LogP contribution in [0.5, 0.6) is 0 Å². The van der Waals surface area contributed by atoms with Gasteiger partial charge in [0, 0.05) is 25.2 Å². The Balaban J connectivity index is 1.25. The molecule has 20 nitrogen and oxygen atoms in total. The summed E-state index contributed by atoms with van der Waals surface area (Å²) in [4.78, 5) is 0. The molecule has 0 unspecified atom stereocenters. The van der Waals surface area contributed by atoms with Crippen LogP contribution in [0.3, 0.4) is 0 Å². The largest absolute Gasteiger partial charge is 0.394 e. The molecule has 5 rings (SSSR count). The van der Waals surface area contributed by atoms with E-state index < -0.39 is 123 Å². The van der Waals surface area contributed by atoms with Crippen molar-refractivity contribution in [3.05, 3.63) is 35.9 Å². The fourth-order valence-electron chi connectivity index (χ4n) is 7.22. The predicted octanol–water partition coefficient (Wildman–Crippen LogP) is -6.62. The summed E-state index contributed by atoms with van der Waals surface area (Å²) in [6.45, 7) is 0.655. The van der Waals surface area contributed by atoms with Gasteiger partial charge in [-0.3, -0.25) is 0 Å². The molecular formula is C34H60N6O14. The molecule has 1 aromatic rings. The molecule has 1 aliphatic carbocycles. The van der Waals surface area contributed by atoms with Crippen LogP contribution in [-0.4, -0.2) is 191 Å². The van der Waals surface area contributed by atoms with Crippen molar-refractivity contribution in [2.24, 2.45) is 28.7 Å². The van der Waals surface area contributed by atoms with Crippen LogP contribution in [-0.2, 0) is 39.6 Å². The Bertz CT molecular complexity index is 1250. The molecule has 0 spiro atoms. The highest BCUT2D eigenvalue weighted by molar-refractivity contribution is 5.14. The lowest BCUT2D eigenvalue weighted by atomic mass is 9.84. The van der Waals surface area contributed by atoms with Crippen LogP contribution in [0.1, 0.15) is 18.4 Å². The first-order valence-electron chi connectivity index (χ1n) is 18.5. The molecule has 4 fully saturated rings. The normalized spacial score (nSPS) is 44.4. The second-order valence-electron chi connectivity index (χ2n) is 14.4. The second kappa shape index (κ2) is 20.2. The minimum absolute atomic E-state index is 0.0756. The number of aryl methyl sites for hydroxylation is 1. The smallest absolute Gasteiger partial charge is 0.187 e. The van der Waals surface area contributed by atoms with E-state index in [9.17, 15) is 35.7 Å². The van der Waals surface area contributed by atoms with Crippen LogP contribution in [0.25, 0.3) is 0 Å². The van der Waals surface area contributed by atoms with Gasteiger partial charge < -0.3 is 103 Å². The fraction of sp³-hybridized carbons (Fsp3) is 0.824. The number of benzene rings is 1. The zero-order valence-electron chi connectivity index (χ0n) is 30.1. The van der Waals surface area contributed by atoms with Crippen LogP contribution in [0.4, 0.5) is 0 Å². The third-order valence-corrected chi connectivity index (χ3v) is 10.5. The van der Waals surface area contributed by atoms with Crippen LogP contribution < -0.4 is 34.0 Å². The lowest BCUT2D eigenvalue weighted by Gasteiger charge is -2.47. The Morgan fingerprint density at radius 1 is 0.648 bits per heavy atom. The van der Waals surface area contributed by atoms with Gasteiger partial charge in [0.2, 0.25) is 0 Å². The minimum Gasteiger partial charge on any atom is -0.394 e. The molecule has 54 heavy (non-hydrogen) atoms. The Labute approximate surface area is 313 Å². The first-order valence-corrected chi connectivity index (χ1v) is 18.5. The van der Waals surface area contributed by atoms with E-state index >= 15 is 0 Å². The van der Waals surface area contributed by atoms with Gasteiger partial charge in [-0.15, -0.1) is 0 Å². The molecule has 20 heteroatoms. The standard InChI is InChI=1S/C34H60N6O14/c35-12-18-24(43)26(45)21(38)32(49-18)53-30-20(14-48-10-9-40-8-4-7-15-5-2-1-3-6-15)51-34(28(30)47)54-31-23(42)16(36)11-17(37)29(31)52-33-22(39)27(46)25(44)19(13-41)50-33/h1-3,5-6,16-34,40-47H,4,7-14,35-39H2/t16-,17+,18-,19-,20-,21+,22-,23+,24+,25-,26+,27-,28-,29-,30-,31-,32+,33-,34+/m1/s1. The molecular weight excluding hydrogens is 716 g/mol. The molecule has 1 aromatic carbocycles. The van der Waals surface area contributed by atoms with Crippen LogP contribution in [0.15, 0.2) is 30.3 Å². The number of nitrogens with one attached hydrogen (secondary N) is 1. The molecule has 18 N–H and O–H groups in total. The van der Waals surface area contributed by atoms with Crippen molar-refractivity contribution in [2.75, 3.05) is 39.5 Å². The van der Waals surface area contributed by atoms with Crippen molar-refractivity contribution >= 4 is 0 Å². The van der Waals surface area contributed by atoms with Crippen LogP contribution >= 0.6 is 0 Å². The summed E-state index contributed by atoms with van der Waals surface area (Å²) >= 11 is 0. The van der Waals surface area contributed by atoms with Gasteiger partial charge in [-0.25, -0.2) is 0 Å². The van der Waals surface area contributed by atoms with Crippen molar-refractivity contribution in [3.63, 3.8) is 0 Å². The van der Waals surface area contributed by atoms with Gasteiger partial charge in [0.1, 0.15) is 67.1 Å². The second-order valence-corrected chi connectivity index (χ2v) is 14.4. The lowest BCUT2D eigenvalue weighted by Crippen LogP contribution is -2.68. The van der Waals surface area contributed by atoms with Gasteiger partial charge in [-0.05, 0) is 31.4 Å². The van der Waals surface area contributed by atoms with Crippen molar-refractivity contribution in [1.82, 2.24) is 5.32 Å². The molecule has 310 valence electrons. The molecule has 4 aliphatic rings. The number of ether oxygens (including phenoxy) is 7. The number of aliphatic hydroxyl groups is 7. The quantitative estimate of drug-likeness (QED) is 0.0654. The van der Waals surface area contributed by atoms with Gasteiger partial charge in [0.15, 0.2) is 18.9 Å². The summed E-state index contributed by atoms with van der Waals surface area (Å²) in [7, 11) is 0. The van der Waals surface area contributed by atoms with E-state index in [4.69, 9.17) is 61.8 Å². The van der Waals surface area contributed by atoms with Crippen molar-refractivity contribution in [2.45, 2.75) is 136 Å². The fourth-order valence-corrected chi connectivity index (χ4v) is 7.22. The van der Waals surface area contributed by atoms with E-state index in [2.05, 4.69) is 17.4 Å². The first-order chi connectivity index (χ1) is 25.9. The minimum atomic E-state index is -1.57. The van der Waals surface area contributed by atoms with Gasteiger partial charge >= 0.3 is 0 Å². The summed E-state index contributed by atoms with van der Waals surface area (Å²) in [5.74, 6) is 0. The van der Waals surface area contributed by atoms with E-state index in [1.54, 1.807) is 0 Å². The summed E-state index contributed by atoms with van der Waals surface area (Å²) in [5.41, 5.74) is 31.9. The zero-order chi connectivity index (χ0) is 39.1. The third kappa shape index (κ3) is 10.3. The first kappa shape index (κ1) is 43.5. The predicted molar refractivity (Wildman–Crippen MR) is 188 cm³/mol. The number of hydrogen-bond donors (Lipinski definition) is 13. The number of rotatable bonds is 17. The Morgan fingerprint density at radius 3 is 1.89 bits per heavy atom. The summed E-state index contributed by atoms with van der Waals surface area (Å²) < 4.78 is 41.8. The van der Waals surface area contributed by atoms with E-state index in [0.717, 1.165) is 19.4 Å². The van der Waals surface area contributed by atoms with Gasteiger partial charge in [-0.1, -0.05) is 30.3 Å². The molecule has 3 saturated heterocycles. The SMILES string of the molecule is NC[C@H]1O[C@@H](O[C@H]2[C@@H](O)[C@H](O[C@@H]3[C@@H](O)[C@H](N)C[C@H](N)[C@H]3O[C@H]3O[C@H](CO)[C@@H](O)[C@H](O)[C@H]3N)O[C@@H]2COCCNCCCc2ccccc2)[C@@H](N)[C@H](O)[C@H]1O. The molecule has 0 amide bonds. The Hall–Kier alpha value is -1.58. The highest BCUT2D eigenvalue weighted by atomic mass is 16.8. The lowest BCUT2D eigenvalue weighted by molar-refractivity contribution is -0.310. The van der Waals surface area contributed by atoms with Gasteiger partial charge in [0.25, 0.3) is 0 Å². The number of aliphatic hydroxyl groups excluding tert-OH is 7. The molecule has 3 aliphatic heterocycles. The maximum atomic E-state index is 11.6. The van der Waals surface area contributed by atoms with Gasteiger partial charge in [0.05, 0.1) is 38.0 Å². The van der Waals surface area contributed by atoms with Crippen molar-refractivity contribution in [3.8, 4) is 0 Å². The number of nitrogens with two attached hydrogens (primary N) is 5. The summed E-state index contributed by atoms with van der Waals surface area (Å²) in [6, 6.07) is 5.87. The zero-order valence-corrected chi connectivity index (χ0v) is 30.1. The van der Waals surface area contributed by atoms with Crippen molar-refractivity contribution in [1.29, 1.82) is 0 Å². The topological polar surface area (TPSA) is 348 Å². The van der Waals surface area contributed by atoms with E-state index in [1.807, 2.05) is 18.2 Å². The average Bonchev–Trinajstić information content (AvgIpc) is 3.45. The molecule has 0 aromatic heterocycles. The Kier molecular flexibility index (Phi) is 16.3. The van der Waals surface area contributed by atoms with Crippen LogP contribution in [0, 0.1) is 0 Å². The highest BCUT2D eigenvalue weighted by Gasteiger charge is 2.54. The van der Waals surface area contributed by atoms with Crippen molar-refractivity contribution < 1.29 is 68.9 Å². The van der Waals surface area contributed by atoms with E-state index in [0.29, 0.717) is 6.54 Å². The molecule has 19 atom stereocenters. The summed E-state index contributed by atoms with van der Waals surface area (Å²) in [5, 5.41) is 77.5. The molecule has 1 saturated carbocycles. The monoisotopic (exact) mass is 776 g/mol. The van der Waals surface area contributed by atoms with E-state index in [1.165, 1.54) is 5.56 Å². The molecule has 0 bridgehead atoms. The number of hydrogen-bond acceptors (Lipinski definition) is 20. The highest BCUT2D eigenvalue weighted by Crippen LogP contribution is 2.34. The van der Waals surface area contributed by atoms with Gasteiger partial charge in [-0.2, -0.15) is 0 Å². The van der Waals surface area contributed by atoms with Crippen LogP contribution in [0.2, 0.25) is 0 Å². The molecule has 0 radical (unpaired) electrons. The average molecular weight is 777 g/mol. The maximum absolute atomic E-state index is 11.6. The third-order valence-electron chi connectivity index (χ3n) is 10.5.